The van der Waals surface area contributed by atoms with E-state index in [1.807, 2.05) is 0 Å². The average Bonchev–Trinajstić information content (AvgIpc) is 2.17. The van der Waals surface area contributed by atoms with Crippen LogP contribution >= 0.6 is 0 Å². The van der Waals surface area contributed by atoms with Gasteiger partial charge >= 0.3 is 0 Å². The molecule has 0 amide bonds. The summed E-state index contributed by atoms with van der Waals surface area (Å²) in [4.78, 5) is 13.3. The Labute approximate surface area is 77.5 Å². The molecular weight excluding hydrogens is 199 g/mol. The Morgan fingerprint density at radius 3 is 2.64 bits per heavy atom. The Morgan fingerprint density at radius 1 is 1.57 bits per heavy atom. The first kappa shape index (κ1) is 10.5. The van der Waals surface area contributed by atoms with Crippen molar-refractivity contribution >= 4 is 6.29 Å². The van der Waals surface area contributed by atoms with Crippen LogP contribution in [-0.2, 0) is 0 Å². The summed E-state index contributed by atoms with van der Waals surface area (Å²) in [5, 5.41) is 0. The fourth-order valence-electron chi connectivity index (χ4n) is 0.912. The Bertz CT molecular complexity index is 355. The normalized spacial score (nSPS) is 10.4. The van der Waals surface area contributed by atoms with Crippen LogP contribution in [0.1, 0.15) is 22.5 Å². The quantitative estimate of drug-likeness (QED) is 0.559. The zero-order chi connectivity index (χ0) is 10.7. The van der Waals surface area contributed by atoms with E-state index in [0.717, 1.165) is 13.2 Å². The molecule has 1 rings (SSSR count). The minimum Gasteiger partial charge on any atom is -0.492 e. The highest BCUT2D eigenvalue weighted by Gasteiger charge is 2.18. The number of pyridine rings is 1. The highest BCUT2D eigenvalue weighted by atomic mass is 19.3. The van der Waals surface area contributed by atoms with Crippen molar-refractivity contribution in [2.45, 2.75) is 6.43 Å². The summed E-state index contributed by atoms with van der Waals surface area (Å²) in [7, 11) is 1.15. The molecule has 76 valence electrons. The van der Waals surface area contributed by atoms with E-state index in [1.165, 1.54) is 0 Å². The van der Waals surface area contributed by atoms with E-state index >= 15 is 0 Å². The molecule has 1 aromatic rings. The lowest BCUT2D eigenvalue weighted by Gasteiger charge is -2.06. The summed E-state index contributed by atoms with van der Waals surface area (Å²) in [6.07, 6.45) is -2.81. The predicted molar refractivity (Wildman–Crippen MR) is 41.1 cm³/mol. The molecule has 0 atom stereocenters. The molecule has 1 heterocycles. The van der Waals surface area contributed by atoms with E-state index in [9.17, 15) is 18.0 Å². The Hall–Kier alpha value is -1.59. The number of ether oxygens (including phenoxy) is 1. The number of nitrogens with zero attached hydrogens (tertiary/aromatic N) is 1. The van der Waals surface area contributed by atoms with Gasteiger partial charge in [0, 0.05) is 5.56 Å². The first-order chi connectivity index (χ1) is 6.60. The molecule has 0 spiro atoms. The standard InChI is InChI=1S/C8H6F3NO2/c1-14-5-2-4(3-13)6(7(9)10)12-8(5)11/h2-3,7H,1H3. The summed E-state index contributed by atoms with van der Waals surface area (Å²) in [5.74, 6) is -1.50. The molecule has 0 radical (unpaired) electrons. The van der Waals surface area contributed by atoms with Crippen molar-refractivity contribution in [3.8, 4) is 5.75 Å². The first-order valence-electron chi connectivity index (χ1n) is 3.58. The van der Waals surface area contributed by atoms with Crippen LogP contribution in [0.2, 0.25) is 0 Å². The molecule has 0 bridgehead atoms. The molecule has 0 saturated carbocycles. The van der Waals surface area contributed by atoms with Crippen LogP contribution in [0.5, 0.6) is 5.75 Å². The molecule has 0 fully saturated rings. The van der Waals surface area contributed by atoms with Gasteiger partial charge in [0.2, 0.25) is 0 Å². The van der Waals surface area contributed by atoms with Gasteiger partial charge in [0.15, 0.2) is 12.0 Å². The van der Waals surface area contributed by atoms with E-state index in [-0.39, 0.29) is 17.6 Å². The fraction of sp³-hybridized carbons (Fsp3) is 0.250. The van der Waals surface area contributed by atoms with Crippen molar-refractivity contribution in [2.75, 3.05) is 7.11 Å². The number of rotatable bonds is 3. The van der Waals surface area contributed by atoms with Crippen molar-refractivity contribution in [1.82, 2.24) is 4.98 Å². The van der Waals surface area contributed by atoms with Crippen LogP contribution in [0.15, 0.2) is 6.07 Å². The van der Waals surface area contributed by atoms with E-state index in [2.05, 4.69) is 9.72 Å². The Balaban J connectivity index is 3.31. The number of carbonyl (C=O) groups is 1. The lowest BCUT2D eigenvalue weighted by Crippen LogP contribution is -2.02. The van der Waals surface area contributed by atoms with E-state index in [1.54, 1.807) is 0 Å². The molecule has 0 unspecified atom stereocenters. The third kappa shape index (κ3) is 1.84. The smallest absolute Gasteiger partial charge is 0.281 e. The molecule has 0 aromatic carbocycles. The molecule has 14 heavy (non-hydrogen) atoms. The number of aldehydes is 1. The van der Waals surface area contributed by atoms with Crippen LogP contribution in [0.25, 0.3) is 0 Å². The van der Waals surface area contributed by atoms with Gasteiger partial charge in [-0.2, -0.15) is 4.39 Å². The van der Waals surface area contributed by atoms with Crippen LogP contribution < -0.4 is 4.74 Å². The third-order valence-electron chi connectivity index (χ3n) is 1.56. The van der Waals surface area contributed by atoms with Crippen molar-refractivity contribution in [3.05, 3.63) is 23.3 Å². The summed E-state index contributed by atoms with van der Waals surface area (Å²) in [6.45, 7) is 0. The molecule has 1 aromatic heterocycles. The Morgan fingerprint density at radius 2 is 2.21 bits per heavy atom. The van der Waals surface area contributed by atoms with Crippen molar-refractivity contribution in [3.63, 3.8) is 0 Å². The number of hydrogen-bond donors (Lipinski definition) is 0. The van der Waals surface area contributed by atoms with Crippen LogP contribution in [0.3, 0.4) is 0 Å². The average molecular weight is 205 g/mol. The van der Waals surface area contributed by atoms with Crippen LogP contribution in [0, 0.1) is 5.95 Å². The van der Waals surface area contributed by atoms with Gasteiger partial charge in [-0.05, 0) is 6.07 Å². The molecule has 0 aliphatic heterocycles. The minimum absolute atomic E-state index is 0.177. The van der Waals surface area contributed by atoms with Gasteiger partial charge in [0.05, 0.1) is 7.11 Å². The van der Waals surface area contributed by atoms with Gasteiger partial charge in [-0.3, -0.25) is 4.79 Å². The number of halogens is 3. The van der Waals surface area contributed by atoms with E-state index in [4.69, 9.17) is 0 Å². The second kappa shape index (κ2) is 4.08. The Kier molecular flexibility index (Phi) is 3.06. The van der Waals surface area contributed by atoms with E-state index in [0.29, 0.717) is 0 Å². The molecule has 0 aliphatic rings. The van der Waals surface area contributed by atoms with Crippen LogP contribution in [0.4, 0.5) is 13.2 Å². The molecule has 6 heteroatoms. The van der Waals surface area contributed by atoms with Gasteiger partial charge in [0.25, 0.3) is 12.4 Å². The highest BCUT2D eigenvalue weighted by Crippen LogP contribution is 2.24. The largest absolute Gasteiger partial charge is 0.492 e. The molecular formula is C8H6F3NO2. The minimum atomic E-state index is -2.99. The maximum atomic E-state index is 12.8. The van der Waals surface area contributed by atoms with Gasteiger partial charge < -0.3 is 4.74 Å². The monoisotopic (exact) mass is 205 g/mol. The number of aromatic nitrogens is 1. The van der Waals surface area contributed by atoms with Gasteiger partial charge in [-0.1, -0.05) is 0 Å². The first-order valence-corrected chi connectivity index (χ1v) is 3.58. The number of alkyl halides is 2. The number of hydrogen-bond acceptors (Lipinski definition) is 3. The maximum absolute atomic E-state index is 12.8. The van der Waals surface area contributed by atoms with Gasteiger partial charge in [-0.15, -0.1) is 0 Å². The molecule has 0 N–H and O–H groups in total. The fourth-order valence-corrected chi connectivity index (χ4v) is 0.912. The van der Waals surface area contributed by atoms with Gasteiger partial charge in [0.1, 0.15) is 5.69 Å². The third-order valence-corrected chi connectivity index (χ3v) is 1.56. The van der Waals surface area contributed by atoms with Crippen molar-refractivity contribution in [2.24, 2.45) is 0 Å². The predicted octanol–water partition coefficient (Wildman–Crippen LogP) is 1.98. The number of carbonyl (C=O) groups excluding carboxylic acids is 1. The lowest BCUT2D eigenvalue weighted by atomic mass is 10.2. The summed E-state index contributed by atoms with van der Waals surface area (Å²) >= 11 is 0. The summed E-state index contributed by atoms with van der Waals surface area (Å²) in [6, 6.07) is 0.886. The molecule has 0 saturated heterocycles. The zero-order valence-corrected chi connectivity index (χ0v) is 7.13. The summed E-state index contributed by atoms with van der Waals surface area (Å²) in [5.41, 5.74) is -1.25. The highest BCUT2D eigenvalue weighted by molar-refractivity contribution is 5.77. The lowest BCUT2D eigenvalue weighted by molar-refractivity contribution is 0.110. The topological polar surface area (TPSA) is 39.2 Å². The van der Waals surface area contributed by atoms with E-state index < -0.39 is 18.1 Å². The molecule has 0 aliphatic carbocycles. The van der Waals surface area contributed by atoms with Gasteiger partial charge in [-0.25, -0.2) is 13.8 Å². The maximum Gasteiger partial charge on any atom is 0.281 e. The second-order valence-corrected chi connectivity index (χ2v) is 2.37. The zero-order valence-electron chi connectivity index (χ0n) is 7.13. The number of methoxy groups -OCH3 is 1. The second-order valence-electron chi connectivity index (χ2n) is 2.37. The van der Waals surface area contributed by atoms with Crippen molar-refractivity contribution < 1.29 is 22.7 Å². The van der Waals surface area contributed by atoms with Crippen LogP contribution in [-0.4, -0.2) is 18.4 Å². The van der Waals surface area contributed by atoms with Crippen molar-refractivity contribution in [1.29, 1.82) is 0 Å². The summed E-state index contributed by atoms with van der Waals surface area (Å²) < 4.78 is 41.7. The molecule has 3 nitrogen and oxygen atoms in total. The SMILES string of the molecule is COc1cc(C=O)c(C(F)F)nc1F.